The molecule has 1 fully saturated rings. The zero-order chi connectivity index (χ0) is 12.3. The summed E-state index contributed by atoms with van der Waals surface area (Å²) in [6.07, 6.45) is 2.89. The zero-order valence-electron chi connectivity index (χ0n) is 10.7. The predicted molar refractivity (Wildman–Crippen MR) is 70.4 cm³/mol. The van der Waals surface area contributed by atoms with E-state index in [1.165, 1.54) is 24.1 Å². The van der Waals surface area contributed by atoms with E-state index in [9.17, 15) is 4.79 Å². The van der Waals surface area contributed by atoms with E-state index in [0.717, 1.165) is 12.8 Å². The lowest BCUT2D eigenvalue weighted by Gasteiger charge is -2.14. The molecule has 2 atom stereocenters. The van der Waals surface area contributed by atoms with Crippen molar-refractivity contribution in [3.8, 4) is 0 Å². The number of rotatable bonds is 4. The van der Waals surface area contributed by atoms with Crippen molar-refractivity contribution in [3.63, 3.8) is 0 Å². The quantitative estimate of drug-likeness (QED) is 0.743. The first kappa shape index (κ1) is 12.3. The molecule has 1 heterocycles. The summed E-state index contributed by atoms with van der Waals surface area (Å²) < 4.78 is 0. The van der Waals surface area contributed by atoms with Crippen LogP contribution in [-0.2, 0) is 4.79 Å². The maximum Gasteiger partial charge on any atom is 0.120 e. The van der Waals surface area contributed by atoms with Gasteiger partial charge in [-0.3, -0.25) is 0 Å². The van der Waals surface area contributed by atoms with Crippen LogP contribution in [-0.4, -0.2) is 31.3 Å². The van der Waals surface area contributed by atoms with E-state index in [1.54, 1.807) is 0 Å². The third-order valence-corrected chi connectivity index (χ3v) is 3.79. The van der Waals surface area contributed by atoms with Gasteiger partial charge in [-0.15, -0.1) is 0 Å². The van der Waals surface area contributed by atoms with Gasteiger partial charge in [-0.2, -0.15) is 0 Å². The van der Waals surface area contributed by atoms with Crippen LogP contribution in [0.1, 0.15) is 42.7 Å². The van der Waals surface area contributed by atoms with E-state index in [2.05, 4.69) is 43.1 Å². The Labute approximate surface area is 104 Å². The fourth-order valence-corrected chi connectivity index (χ4v) is 2.61. The first-order valence-corrected chi connectivity index (χ1v) is 6.42. The van der Waals surface area contributed by atoms with Gasteiger partial charge in [-0.1, -0.05) is 31.2 Å². The van der Waals surface area contributed by atoms with E-state index < -0.39 is 0 Å². The molecule has 1 aromatic carbocycles. The average molecular weight is 231 g/mol. The Balaban J connectivity index is 2.13. The highest BCUT2D eigenvalue weighted by atomic mass is 16.1. The smallest absolute Gasteiger partial charge is 0.120 e. The van der Waals surface area contributed by atoms with Crippen LogP contribution in [0.4, 0.5) is 0 Å². The minimum Gasteiger partial charge on any atom is -0.306 e. The molecular weight excluding hydrogens is 210 g/mol. The van der Waals surface area contributed by atoms with Gasteiger partial charge in [0.1, 0.15) is 6.29 Å². The fourth-order valence-electron chi connectivity index (χ4n) is 2.61. The number of hydrogen-bond acceptors (Lipinski definition) is 2. The van der Waals surface area contributed by atoms with Crippen LogP contribution in [0.5, 0.6) is 0 Å². The van der Waals surface area contributed by atoms with E-state index in [0.29, 0.717) is 18.3 Å². The molecule has 0 spiro atoms. The second-order valence-electron chi connectivity index (χ2n) is 5.22. The third-order valence-electron chi connectivity index (χ3n) is 3.79. The predicted octanol–water partition coefficient (Wildman–Crippen LogP) is 2.80. The molecule has 0 saturated carbocycles. The number of nitrogens with zero attached hydrogens (tertiary/aromatic N) is 1. The normalized spacial score (nSPS) is 22.6. The van der Waals surface area contributed by atoms with Crippen LogP contribution in [0.25, 0.3) is 0 Å². The Hall–Kier alpha value is -1.15. The molecule has 0 aliphatic carbocycles. The first-order chi connectivity index (χ1) is 8.20. The molecule has 92 valence electrons. The van der Waals surface area contributed by atoms with Crippen molar-refractivity contribution < 1.29 is 4.79 Å². The van der Waals surface area contributed by atoms with Crippen LogP contribution < -0.4 is 0 Å². The Morgan fingerprint density at radius 1 is 1.53 bits per heavy atom. The summed E-state index contributed by atoms with van der Waals surface area (Å²) >= 11 is 0. The maximum absolute atomic E-state index is 10.6. The summed E-state index contributed by atoms with van der Waals surface area (Å²) in [4.78, 5) is 12.9. The van der Waals surface area contributed by atoms with Crippen LogP contribution in [0.3, 0.4) is 0 Å². The van der Waals surface area contributed by atoms with E-state index in [1.807, 2.05) is 0 Å². The maximum atomic E-state index is 10.6. The molecule has 0 N–H and O–H groups in total. The van der Waals surface area contributed by atoms with Gasteiger partial charge >= 0.3 is 0 Å². The molecule has 0 bridgehead atoms. The number of aldehydes is 1. The highest BCUT2D eigenvalue weighted by Crippen LogP contribution is 2.28. The number of carbonyl (C=O) groups is 1. The van der Waals surface area contributed by atoms with Gasteiger partial charge in [0.2, 0.25) is 0 Å². The Bertz CT molecular complexity index is 388. The van der Waals surface area contributed by atoms with Gasteiger partial charge in [0, 0.05) is 13.0 Å². The number of carbonyl (C=O) groups excluding carboxylic acids is 1. The zero-order valence-corrected chi connectivity index (χ0v) is 10.7. The molecule has 0 aromatic heterocycles. The highest BCUT2D eigenvalue weighted by Gasteiger charge is 2.21. The summed E-state index contributed by atoms with van der Waals surface area (Å²) in [5.74, 6) is 1.01. The Morgan fingerprint density at radius 3 is 3.00 bits per heavy atom. The third kappa shape index (κ3) is 2.95. The van der Waals surface area contributed by atoms with Gasteiger partial charge in [0.15, 0.2) is 0 Å². The molecule has 2 rings (SSSR count). The van der Waals surface area contributed by atoms with E-state index >= 15 is 0 Å². The minimum absolute atomic E-state index is 0.339. The van der Waals surface area contributed by atoms with Crippen molar-refractivity contribution in [1.29, 1.82) is 0 Å². The summed E-state index contributed by atoms with van der Waals surface area (Å²) in [6.45, 7) is 4.47. The van der Waals surface area contributed by atoms with Crippen molar-refractivity contribution in [2.75, 3.05) is 20.1 Å². The van der Waals surface area contributed by atoms with Crippen molar-refractivity contribution >= 4 is 6.29 Å². The molecule has 2 heteroatoms. The largest absolute Gasteiger partial charge is 0.306 e. The van der Waals surface area contributed by atoms with Gasteiger partial charge < -0.3 is 9.69 Å². The molecule has 0 radical (unpaired) electrons. The Morgan fingerprint density at radius 2 is 2.35 bits per heavy atom. The van der Waals surface area contributed by atoms with Crippen molar-refractivity contribution in [1.82, 2.24) is 4.90 Å². The molecule has 1 aromatic rings. The second-order valence-corrected chi connectivity index (χ2v) is 5.22. The van der Waals surface area contributed by atoms with Crippen LogP contribution in [0.2, 0.25) is 0 Å². The van der Waals surface area contributed by atoms with Crippen molar-refractivity contribution in [2.45, 2.75) is 31.6 Å². The molecule has 2 nitrogen and oxygen atoms in total. The monoisotopic (exact) mass is 231 g/mol. The van der Waals surface area contributed by atoms with Gasteiger partial charge in [-0.05, 0) is 43.0 Å². The summed E-state index contributed by atoms with van der Waals surface area (Å²) in [6, 6.07) is 8.78. The minimum atomic E-state index is 0.339. The number of benzene rings is 1. The average Bonchev–Trinajstić information content (AvgIpc) is 2.76. The Kier molecular flexibility index (Phi) is 3.95. The van der Waals surface area contributed by atoms with E-state index in [-0.39, 0.29) is 0 Å². The summed E-state index contributed by atoms with van der Waals surface area (Å²) in [5, 5.41) is 0. The number of likely N-dealkylation sites (N-methyl/N-ethyl adjacent to an activating group) is 1. The van der Waals surface area contributed by atoms with Crippen molar-refractivity contribution in [3.05, 3.63) is 35.4 Å². The summed E-state index contributed by atoms with van der Waals surface area (Å²) in [5.41, 5.74) is 2.73. The van der Waals surface area contributed by atoms with Gasteiger partial charge in [0.05, 0.1) is 0 Å². The number of hydrogen-bond donors (Lipinski definition) is 0. The van der Waals surface area contributed by atoms with Crippen LogP contribution in [0.15, 0.2) is 24.3 Å². The molecule has 17 heavy (non-hydrogen) atoms. The highest BCUT2D eigenvalue weighted by molar-refractivity contribution is 5.51. The van der Waals surface area contributed by atoms with Crippen molar-refractivity contribution in [2.24, 2.45) is 0 Å². The molecule has 0 amide bonds. The second kappa shape index (κ2) is 5.46. The molecule has 1 saturated heterocycles. The van der Waals surface area contributed by atoms with Crippen LogP contribution in [0, 0.1) is 0 Å². The topological polar surface area (TPSA) is 20.3 Å². The number of likely N-dealkylation sites (tertiary alicyclic amines) is 1. The standard InChI is InChI=1S/C15H21NO/c1-12(7-9-17)13-4-3-5-14(10-13)15-6-8-16(2)11-15/h3-5,9-10,12,15H,6-8,11H2,1-2H3. The van der Waals surface area contributed by atoms with Gasteiger partial charge in [-0.25, -0.2) is 0 Å². The molecule has 1 aliphatic heterocycles. The SMILES string of the molecule is CC(CC=O)c1cccc(C2CCN(C)C2)c1. The fraction of sp³-hybridized carbons (Fsp3) is 0.533. The molecular formula is C15H21NO. The lowest BCUT2D eigenvalue weighted by atomic mass is 9.91. The van der Waals surface area contributed by atoms with Crippen LogP contribution >= 0.6 is 0 Å². The lowest BCUT2D eigenvalue weighted by molar-refractivity contribution is -0.108. The summed E-state index contributed by atoms with van der Waals surface area (Å²) in [7, 11) is 2.18. The lowest BCUT2D eigenvalue weighted by Crippen LogP contribution is -2.13. The molecule has 2 unspecified atom stereocenters. The van der Waals surface area contributed by atoms with E-state index in [4.69, 9.17) is 0 Å². The van der Waals surface area contributed by atoms with Gasteiger partial charge in [0.25, 0.3) is 0 Å². The molecule has 1 aliphatic rings. The first-order valence-electron chi connectivity index (χ1n) is 6.42.